The van der Waals surface area contributed by atoms with E-state index >= 15 is 0 Å². The largest absolute Gasteiger partial charge is 0.409 e. The molecule has 0 spiro atoms. The van der Waals surface area contributed by atoms with Gasteiger partial charge in [0.15, 0.2) is 0 Å². The fourth-order valence-electron chi connectivity index (χ4n) is 1.83. The van der Waals surface area contributed by atoms with Gasteiger partial charge in [-0.05, 0) is 5.56 Å². The molecule has 0 bridgehead atoms. The number of hydrogen-bond donors (Lipinski definition) is 4. The number of methoxy groups -OCH3 is 1. The lowest BCUT2D eigenvalue weighted by Gasteiger charge is -2.16. The Balaban J connectivity index is 2.47. The Hall–Kier alpha value is -2.12. The van der Waals surface area contributed by atoms with Crippen molar-refractivity contribution in [2.45, 2.75) is 5.92 Å². The van der Waals surface area contributed by atoms with Crippen LogP contribution in [-0.2, 0) is 9.53 Å². The number of oxime groups is 1. The third kappa shape index (κ3) is 6.24. The first-order valence-electron chi connectivity index (χ1n) is 6.67. The number of rotatable bonds is 9. The molecule has 7 heteroatoms. The molecule has 1 atom stereocenters. The molecule has 1 amide bonds. The molecule has 0 aliphatic rings. The fourth-order valence-corrected chi connectivity index (χ4v) is 1.83. The van der Waals surface area contributed by atoms with E-state index in [4.69, 9.17) is 15.7 Å². The lowest BCUT2D eigenvalue weighted by atomic mass is 9.98. The van der Waals surface area contributed by atoms with Gasteiger partial charge in [0, 0.05) is 20.2 Å². The Morgan fingerprint density at radius 2 is 2.14 bits per heavy atom. The minimum atomic E-state index is -0.289. The Morgan fingerprint density at radius 3 is 2.76 bits per heavy atom. The predicted molar refractivity (Wildman–Crippen MR) is 80.3 cm³/mol. The van der Waals surface area contributed by atoms with Gasteiger partial charge >= 0.3 is 0 Å². The molecule has 1 unspecified atom stereocenters. The highest BCUT2D eigenvalue weighted by Crippen LogP contribution is 2.14. The van der Waals surface area contributed by atoms with Crippen LogP contribution in [0.2, 0.25) is 0 Å². The summed E-state index contributed by atoms with van der Waals surface area (Å²) >= 11 is 0. The van der Waals surface area contributed by atoms with Gasteiger partial charge in [-0.1, -0.05) is 35.5 Å². The van der Waals surface area contributed by atoms with Gasteiger partial charge in [0.2, 0.25) is 5.91 Å². The van der Waals surface area contributed by atoms with Crippen LogP contribution in [-0.4, -0.2) is 50.3 Å². The zero-order chi connectivity index (χ0) is 15.5. The van der Waals surface area contributed by atoms with Gasteiger partial charge in [-0.3, -0.25) is 4.79 Å². The molecule has 1 aromatic carbocycles. The summed E-state index contributed by atoms with van der Waals surface area (Å²) in [5.74, 6) is -0.310. The van der Waals surface area contributed by atoms with Crippen LogP contribution in [0, 0.1) is 0 Å². The molecule has 1 aromatic rings. The van der Waals surface area contributed by atoms with Crippen LogP contribution in [0.5, 0.6) is 0 Å². The van der Waals surface area contributed by atoms with Gasteiger partial charge in [-0.25, -0.2) is 0 Å². The Kier molecular flexibility index (Phi) is 7.85. The van der Waals surface area contributed by atoms with Gasteiger partial charge in [0.1, 0.15) is 5.84 Å². The van der Waals surface area contributed by atoms with Crippen molar-refractivity contribution in [2.24, 2.45) is 10.9 Å². The number of carbonyl (C=O) groups excluding carboxylic acids is 1. The van der Waals surface area contributed by atoms with Gasteiger partial charge in [-0.2, -0.15) is 0 Å². The first-order valence-corrected chi connectivity index (χ1v) is 6.67. The maximum atomic E-state index is 11.5. The summed E-state index contributed by atoms with van der Waals surface area (Å²) in [7, 11) is 1.58. The third-order valence-corrected chi connectivity index (χ3v) is 2.94. The van der Waals surface area contributed by atoms with Crippen molar-refractivity contribution in [3.63, 3.8) is 0 Å². The summed E-state index contributed by atoms with van der Waals surface area (Å²) in [5, 5.41) is 17.6. The summed E-state index contributed by atoms with van der Waals surface area (Å²) in [5.41, 5.74) is 6.62. The second-order valence-electron chi connectivity index (χ2n) is 4.46. The topological polar surface area (TPSA) is 109 Å². The number of carbonyl (C=O) groups is 1. The third-order valence-electron chi connectivity index (χ3n) is 2.94. The fraction of sp³-hybridized carbons (Fsp3) is 0.429. The highest BCUT2D eigenvalue weighted by molar-refractivity contribution is 5.87. The van der Waals surface area contributed by atoms with Crippen LogP contribution in [0.15, 0.2) is 35.5 Å². The van der Waals surface area contributed by atoms with E-state index in [0.29, 0.717) is 19.7 Å². The number of amidine groups is 1. The van der Waals surface area contributed by atoms with E-state index < -0.39 is 0 Å². The number of nitrogens with two attached hydrogens (primary N) is 1. The van der Waals surface area contributed by atoms with E-state index in [1.807, 2.05) is 30.3 Å². The molecule has 116 valence electrons. The number of nitrogens with zero attached hydrogens (tertiary/aromatic N) is 1. The van der Waals surface area contributed by atoms with Crippen LogP contribution in [0.4, 0.5) is 0 Å². The van der Waals surface area contributed by atoms with Crippen LogP contribution in [0.1, 0.15) is 11.5 Å². The SMILES string of the molecule is COCCNC(=O)CNCC(/C(N)=N/O)c1ccccc1. The molecule has 1 rings (SSSR count). The van der Waals surface area contributed by atoms with Crippen molar-refractivity contribution in [3.8, 4) is 0 Å². The molecule has 5 N–H and O–H groups in total. The molecule has 0 saturated carbocycles. The van der Waals surface area contributed by atoms with E-state index in [1.54, 1.807) is 7.11 Å². The van der Waals surface area contributed by atoms with Crippen molar-refractivity contribution in [3.05, 3.63) is 35.9 Å². The standard InChI is InChI=1S/C14H22N4O3/c1-21-8-7-17-13(19)10-16-9-12(14(15)18-20)11-5-3-2-4-6-11/h2-6,12,16,20H,7-10H2,1H3,(H2,15,18)(H,17,19). The van der Waals surface area contributed by atoms with E-state index in [2.05, 4.69) is 15.8 Å². The number of amides is 1. The first-order chi connectivity index (χ1) is 10.2. The summed E-state index contributed by atoms with van der Waals surface area (Å²) in [4.78, 5) is 11.5. The second kappa shape index (κ2) is 9.73. The van der Waals surface area contributed by atoms with Crippen LogP contribution in [0.25, 0.3) is 0 Å². The molecule has 7 nitrogen and oxygen atoms in total. The molecular weight excluding hydrogens is 272 g/mol. The molecule has 0 saturated heterocycles. The van der Waals surface area contributed by atoms with Crippen LogP contribution in [0.3, 0.4) is 0 Å². The number of ether oxygens (including phenoxy) is 1. The number of nitrogens with one attached hydrogen (secondary N) is 2. The highest BCUT2D eigenvalue weighted by Gasteiger charge is 2.16. The summed E-state index contributed by atoms with van der Waals surface area (Å²) in [6.45, 7) is 1.51. The van der Waals surface area contributed by atoms with Crippen molar-refractivity contribution < 1.29 is 14.7 Å². The van der Waals surface area contributed by atoms with Crippen LogP contribution < -0.4 is 16.4 Å². The Labute approximate surface area is 124 Å². The van der Waals surface area contributed by atoms with E-state index in [1.165, 1.54) is 0 Å². The number of benzene rings is 1. The zero-order valence-electron chi connectivity index (χ0n) is 12.1. The van der Waals surface area contributed by atoms with Crippen LogP contribution >= 0.6 is 0 Å². The van der Waals surface area contributed by atoms with Crippen molar-refractivity contribution in [2.75, 3.05) is 33.4 Å². The molecule has 0 radical (unpaired) electrons. The molecule has 0 aliphatic carbocycles. The van der Waals surface area contributed by atoms with Crippen molar-refractivity contribution in [1.82, 2.24) is 10.6 Å². The molecule has 0 aromatic heterocycles. The quantitative estimate of drug-likeness (QED) is 0.167. The number of hydrogen-bond acceptors (Lipinski definition) is 5. The lowest BCUT2D eigenvalue weighted by Crippen LogP contribution is -2.39. The van der Waals surface area contributed by atoms with Gasteiger partial charge in [0.05, 0.1) is 19.1 Å². The van der Waals surface area contributed by atoms with E-state index in [-0.39, 0.29) is 24.2 Å². The Bertz CT molecular complexity index is 451. The average Bonchev–Trinajstić information content (AvgIpc) is 2.52. The zero-order valence-corrected chi connectivity index (χ0v) is 12.1. The predicted octanol–water partition coefficient (Wildman–Crippen LogP) is -0.131. The molecule has 21 heavy (non-hydrogen) atoms. The smallest absolute Gasteiger partial charge is 0.234 e. The maximum Gasteiger partial charge on any atom is 0.234 e. The summed E-state index contributed by atoms with van der Waals surface area (Å²) < 4.78 is 4.84. The van der Waals surface area contributed by atoms with Gasteiger partial charge < -0.3 is 26.3 Å². The minimum absolute atomic E-state index is 0.105. The highest BCUT2D eigenvalue weighted by atomic mass is 16.5. The second-order valence-corrected chi connectivity index (χ2v) is 4.46. The molecule has 0 heterocycles. The van der Waals surface area contributed by atoms with Gasteiger partial charge in [-0.15, -0.1) is 0 Å². The van der Waals surface area contributed by atoms with E-state index in [0.717, 1.165) is 5.56 Å². The molecular formula is C14H22N4O3. The normalized spacial score (nSPS) is 12.9. The molecule has 0 fully saturated rings. The van der Waals surface area contributed by atoms with Crippen molar-refractivity contribution >= 4 is 11.7 Å². The first kappa shape index (κ1) is 16.9. The maximum absolute atomic E-state index is 11.5. The average molecular weight is 294 g/mol. The Morgan fingerprint density at radius 1 is 1.43 bits per heavy atom. The minimum Gasteiger partial charge on any atom is -0.409 e. The monoisotopic (exact) mass is 294 g/mol. The molecule has 0 aliphatic heterocycles. The van der Waals surface area contributed by atoms with Crippen molar-refractivity contribution in [1.29, 1.82) is 0 Å². The summed E-state index contributed by atoms with van der Waals surface area (Å²) in [6, 6.07) is 9.44. The summed E-state index contributed by atoms with van der Waals surface area (Å²) in [6.07, 6.45) is 0. The van der Waals surface area contributed by atoms with E-state index in [9.17, 15) is 4.79 Å². The lowest BCUT2D eigenvalue weighted by molar-refractivity contribution is -0.120. The van der Waals surface area contributed by atoms with Gasteiger partial charge in [0.25, 0.3) is 0 Å².